The molecule has 0 bridgehead atoms. The van der Waals surface area contributed by atoms with Gasteiger partial charge in [-0.2, -0.15) is 0 Å². The first-order valence-corrected chi connectivity index (χ1v) is 7.65. The van der Waals surface area contributed by atoms with E-state index in [-0.39, 0.29) is 23.4 Å². The molecule has 1 N–H and O–H groups in total. The van der Waals surface area contributed by atoms with Crippen LogP contribution in [0, 0.1) is 0 Å². The van der Waals surface area contributed by atoms with Crippen LogP contribution in [0.1, 0.15) is 26.4 Å². The van der Waals surface area contributed by atoms with Gasteiger partial charge in [0.25, 0.3) is 0 Å². The van der Waals surface area contributed by atoms with Crippen molar-refractivity contribution in [3.8, 4) is 5.69 Å². The lowest BCUT2D eigenvalue weighted by Crippen LogP contribution is -2.06. The number of nitrogens with zero attached hydrogens (tertiary/aromatic N) is 6. The Balaban J connectivity index is 1.75. The number of hydrogen-bond donors (Lipinski definition) is 1. The fourth-order valence-corrected chi connectivity index (χ4v) is 2.34. The van der Waals surface area contributed by atoms with Gasteiger partial charge in [0.15, 0.2) is 0 Å². The summed E-state index contributed by atoms with van der Waals surface area (Å²) >= 11 is 0. The van der Waals surface area contributed by atoms with Crippen LogP contribution in [0.2, 0.25) is 0 Å². The van der Waals surface area contributed by atoms with Crippen molar-refractivity contribution in [3.63, 3.8) is 0 Å². The van der Waals surface area contributed by atoms with Crippen LogP contribution >= 0.6 is 0 Å². The first-order chi connectivity index (χ1) is 13.1. The van der Waals surface area contributed by atoms with E-state index >= 15 is 0 Å². The summed E-state index contributed by atoms with van der Waals surface area (Å²) < 4.78 is 6.47. The van der Waals surface area contributed by atoms with E-state index in [2.05, 4.69) is 20.3 Å². The molecule has 1 heterocycles. The molecule has 10 nitrogen and oxygen atoms in total. The summed E-state index contributed by atoms with van der Waals surface area (Å²) in [5.74, 6) is -1.78. The van der Waals surface area contributed by atoms with Gasteiger partial charge in [0.1, 0.15) is 12.3 Å². The summed E-state index contributed by atoms with van der Waals surface area (Å²) in [5, 5.41) is 20.4. The minimum atomic E-state index is -1.09. The van der Waals surface area contributed by atoms with E-state index in [9.17, 15) is 14.7 Å². The molecule has 2 aromatic carbocycles. The highest BCUT2D eigenvalue weighted by atomic mass is 16.5. The monoisotopic (exact) mass is 364 g/mol. The molecule has 0 aliphatic carbocycles. The summed E-state index contributed by atoms with van der Waals surface area (Å²) in [7, 11) is 0. The SMILES string of the molecule is [N-]=[N+]=Nc1ccccc1C(=O)OCc1cn(-c2ccccc2C(=O)O)nn1. The lowest BCUT2D eigenvalue weighted by atomic mass is 10.2. The molecule has 10 heteroatoms. The average molecular weight is 364 g/mol. The van der Waals surface area contributed by atoms with Crippen LogP contribution in [0.25, 0.3) is 16.1 Å². The van der Waals surface area contributed by atoms with Crippen molar-refractivity contribution >= 4 is 17.6 Å². The van der Waals surface area contributed by atoms with E-state index in [1.165, 1.54) is 29.1 Å². The highest BCUT2D eigenvalue weighted by Crippen LogP contribution is 2.20. The molecule has 134 valence electrons. The second kappa shape index (κ2) is 7.81. The van der Waals surface area contributed by atoms with Gasteiger partial charge in [0.2, 0.25) is 0 Å². The summed E-state index contributed by atoms with van der Waals surface area (Å²) in [6.45, 7) is -0.182. The Labute approximate surface area is 152 Å². The van der Waals surface area contributed by atoms with E-state index in [0.29, 0.717) is 11.4 Å². The molecule has 0 saturated heterocycles. The van der Waals surface area contributed by atoms with E-state index in [4.69, 9.17) is 10.3 Å². The predicted molar refractivity (Wildman–Crippen MR) is 92.7 cm³/mol. The molecule has 27 heavy (non-hydrogen) atoms. The molecule has 0 spiro atoms. The number of hydrogen-bond acceptors (Lipinski definition) is 6. The number of aromatic nitrogens is 3. The summed E-state index contributed by atoms with van der Waals surface area (Å²) in [5.41, 5.74) is 9.56. The van der Waals surface area contributed by atoms with E-state index in [0.717, 1.165) is 0 Å². The maximum atomic E-state index is 12.2. The highest BCUT2D eigenvalue weighted by Gasteiger charge is 2.15. The van der Waals surface area contributed by atoms with Gasteiger partial charge >= 0.3 is 11.9 Å². The van der Waals surface area contributed by atoms with Crippen LogP contribution in [0.4, 0.5) is 5.69 Å². The number of aromatic carboxylic acids is 1. The van der Waals surface area contributed by atoms with E-state index in [1.807, 2.05) is 0 Å². The van der Waals surface area contributed by atoms with Gasteiger partial charge in [-0.15, -0.1) is 5.10 Å². The number of carbonyl (C=O) groups is 2. The number of carboxylic acids is 1. The van der Waals surface area contributed by atoms with Crippen molar-refractivity contribution in [2.24, 2.45) is 5.11 Å². The number of carboxylic acid groups (broad SMARTS) is 1. The van der Waals surface area contributed by atoms with E-state index in [1.54, 1.807) is 30.3 Å². The van der Waals surface area contributed by atoms with Gasteiger partial charge in [-0.25, -0.2) is 14.3 Å². The lowest BCUT2D eigenvalue weighted by molar-refractivity contribution is 0.0468. The molecule has 1 aromatic heterocycles. The van der Waals surface area contributed by atoms with E-state index < -0.39 is 11.9 Å². The first-order valence-electron chi connectivity index (χ1n) is 7.65. The zero-order valence-electron chi connectivity index (χ0n) is 13.8. The lowest BCUT2D eigenvalue weighted by Gasteiger charge is -2.05. The van der Waals surface area contributed by atoms with Crippen molar-refractivity contribution < 1.29 is 19.4 Å². The quantitative estimate of drug-likeness (QED) is 0.308. The molecule has 0 radical (unpaired) electrons. The standard InChI is InChI=1S/C17H12N6O4/c18-21-20-14-7-3-1-5-12(14)17(26)27-10-11-9-23(22-19-11)15-8-4-2-6-13(15)16(24)25/h1-9H,10H2,(H,24,25). The van der Waals surface area contributed by atoms with Gasteiger partial charge in [0.05, 0.1) is 28.7 Å². The van der Waals surface area contributed by atoms with Crippen LogP contribution in [-0.4, -0.2) is 32.0 Å². The molecule has 0 atom stereocenters. The van der Waals surface area contributed by atoms with Gasteiger partial charge < -0.3 is 9.84 Å². The largest absolute Gasteiger partial charge is 0.478 e. The van der Waals surface area contributed by atoms with Crippen LogP contribution in [-0.2, 0) is 11.3 Å². The number of azide groups is 1. The van der Waals surface area contributed by atoms with Crippen molar-refractivity contribution in [2.45, 2.75) is 6.61 Å². The van der Waals surface area contributed by atoms with Gasteiger partial charge in [-0.1, -0.05) is 40.7 Å². The summed E-state index contributed by atoms with van der Waals surface area (Å²) in [6.07, 6.45) is 1.47. The molecule has 0 saturated carbocycles. The van der Waals surface area contributed by atoms with Crippen molar-refractivity contribution in [2.75, 3.05) is 0 Å². The summed E-state index contributed by atoms with van der Waals surface area (Å²) in [4.78, 5) is 26.2. The van der Waals surface area contributed by atoms with Crippen LogP contribution in [0.5, 0.6) is 0 Å². The Morgan fingerprint density at radius 3 is 2.59 bits per heavy atom. The minimum Gasteiger partial charge on any atom is -0.478 e. The Morgan fingerprint density at radius 1 is 1.15 bits per heavy atom. The van der Waals surface area contributed by atoms with Crippen molar-refractivity contribution in [3.05, 3.63) is 82.0 Å². The number of para-hydroxylation sites is 1. The normalized spacial score (nSPS) is 10.1. The van der Waals surface area contributed by atoms with Crippen LogP contribution < -0.4 is 0 Å². The van der Waals surface area contributed by atoms with Crippen molar-refractivity contribution in [1.29, 1.82) is 0 Å². The smallest absolute Gasteiger partial charge is 0.338 e. The predicted octanol–water partition coefficient (Wildman–Crippen LogP) is 3.26. The number of rotatable bonds is 6. The number of ether oxygens (including phenoxy) is 1. The van der Waals surface area contributed by atoms with Crippen LogP contribution in [0.15, 0.2) is 59.8 Å². The third kappa shape index (κ3) is 3.91. The number of carbonyl (C=O) groups excluding carboxylic acids is 1. The Kier molecular flexibility index (Phi) is 5.10. The third-order valence-corrected chi connectivity index (χ3v) is 3.55. The fraction of sp³-hybridized carbons (Fsp3) is 0.0588. The minimum absolute atomic E-state index is 0.0641. The molecule has 0 aliphatic rings. The van der Waals surface area contributed by atoms with Gasteiger partial charge in [-0.3, -0.25) is 0 Å². The molecule has 0 fully saturated rings. The zero-order valence-corrected chi connectivity index (χ0v) is 13.8. The molecular formula is C17H12N6O4. The maximum absolute atomic E-state index is 12.2. The third-order valence-electron chi connectivity index (χ3n) is 3.55. The zero-order chi connectivity index (χ0) is 19.2. The molecular weight excluding hydrogens is 352 g/mol. The first kappa shape index (κ1) is 17.6. The number of esters is 1. The molecule has 0 unspecified atom stereocenters. The van der Waals surface area contributed by atoms with Gasteiger partial charge in [-0.05, 0) is 23.7 Å². The topological polar surface area (TPSA) is 143 Å². The maximum Gasteiger partial charge on any atom is 0.338 e. The molecule has 3 aromatic rings. The highest BCUT2D eigenvalue weighted by molar-refractivity contribution is 5.94. The second-order valence-electron chi connectivity index (χ2n) is 5.26. The Morgan fingerprint density at radius 2 is 1.85 bits per heavy atom. The Hall–Kier alpha value is -4.17. The van der Waals surface area contributed by atoms with Crippen LogP contribution in [0.3, 0.4) is 0 Å². The average Bonchev–Trinajstić information content (AvgIpc) is 3.15. The number of benzene rings is 2. The molecule has 3 rings (SSSR count). The summed E-state index contributed by atoms with van der Waals surface area (Å²) in [6, 6.07) is 12.5. The van der Waals surface area contributed by atoms with Gasteiger partial charge in [0, 0.05) is 4.91 Å². The molecule has 0 amide bonds. The van der Waals surface area contributed by atoms with Crippen molar-refractivity contribution in [1.82, 2.24) is 15.0 Å². The second-order valence-corrected chi connectivity index (χ2v) is 5.26. The fourth-order valence-electron chi connectivity index (χ4n) is 2.34. The Bertz CT molecular complexity index is 1050. The molecule has 0 aliphatic heterocycles.